The average Bonchev–Trinajstić information content (AvgIpc) is 3.14. The number of halogens is 1. The van der Waals surface area contributed by atoms with E-state index in [0.29, 0.717) is 0 Å². The molecule has 0 saturated carbocycles. The summed E-state index contributed by atoms with van der Waals surface area (Å²) in [4.78, 5) is 8.29. The van der Waals surface area contributed by atoms with Crippen LogP contribution >= 0.6 is 23.4 Å². The van der Waals surface area contributed by atoms with Crippen LogP contribution in [0.4, 0.5) is 0 Å². The zero-order valence-electron chi connectivity index (χ0n) is 11.2. The molecule has 1 unspecified atom stereocenters. The van der Waals surface area contributed by atoms with Crippen molar-refractivity contribution in [2.75, 3.05) is 5.75 Å². The summed E-state index contributed by atoms with van der Waals surface area (Å²) in [6, 6.07) is 18.7. The highest BCUT2D eigenvalue weighted by Crippen LogP contribution is 2.33. The largest absolute Gasteiger partial charge is 0.353 e. The first-order valence-corrected chi connectivity index (χ1v) is 8.20. The van der Waals surface area contributed by atoms with Crippen LogP contribution in [0, 0.1) is 0 Å². The van der Waals surface area contributed by atoms with Crippen LogP contribution in [0.25, 0.3) is 10.9 Å². The lowest BCUT2D eigenvalue weighted by Crippen LogP contribution is -1.93. The fraction of sp³-hybridized carbons (Fsp3) is 0.118. The summed E-state index contributed by atoms with van der Waals surface area (Å²) >= 11 is 7.85. The third-order valence-electron chi connectivity index (χ3n) is 3.65. The minimum atomic E-state index is 0.251. The molecule has 1 N–H and O–H groups in total. The molecule has 1 aromatic heterocycles. The topological polar surface area (TPSA) is 28.1 Å². The maximum absolute atomic E-state index is 6.04. The van der Waals surface area contributed by atoms with E-state index in [1.807, 2.05) is 24.3 Å². The van der Waals surface area contributed by atoms with Crippen molar-refractivity contribution < 1.29 is 0 Å². The normalized spacial score (nSPS) is 18.1. The first kappa shape index (κ1) is 13.0. The number of nitrogens with zero attached hydrogens (tertiary/aromatic N) is 1. The maximum atomic E-state index is 6.04. The van der Waals surface area contributed by atoms with E-state index >= 15 is 0 Å². The summed E-state index contributed by atoms with van der Waals surface area (Å²) in [5, 5.41) is 2.97. The quantitative estimate of drug-likeness (QED) is 0.704. The summed E-state index contributed by atoms with van der Waals surface area (Å²) in [5.74, 6) is 0.996. The molecule has 0 bridgehead atoms. The number of H-pyrrole nitrogens is 1. The number of nitrogens with one attached hydrogen (secondary N) is 1. The summed E-state index contributed by atoms with van der Waals surface area (Å²) < 4.78 is 0. The van der Waals surface area contributed by atoms with Crippen molar-refractivity contribution in [3.63, 3.8) is 0 Å². The molecule has 2 aromatic carbocycles. The van der Waals surface area contributed by atoms with Gasteiger partial charge in [-0.2, -0.15) is 0 Å². The lowest BCUT2D eigenvalue weighted by atomic mass is 10.1. The molecule has 0 aliphatic carbocycles. The van der Waals surface area contributed by atoms with Crippen molar-refractivity contribution in [1.82, 2.24) is 4.98 Å². The molecule has 0 spiro atoms. The van der Waals surface area contributed by atoms with E-state index in [4.69, 9.17) is 16.6 Å². The van der Waals surface area contributed by atoms with E-state index in [2.05, 4.69) is 35.3 Å². The van der Waals surface area contributed by atoms with Gasteiger partial charge in [0.15, 0.2) is 0 Å². The Morgan fingerprint density at radius 1 is 1.10 bits per heavy atom. The van der Waals surface area contributed by atoms with Crippen LogP contribution < -0.4 is 0 Å². The molecule has 1 aliphatic heterocycles. The molecular formula is C17H13ClN2S. The number of hydrogen-bond donors (Lipinski definition) is 1. The molecule has 104 valence electrons. The lowest BCUT2D eigenvalue weighted by molar-refractivity contribution is 0.849. The minimum absolute atomic E-state index is 0.251. The number of fused-ring (bicyclic) bond motifs is 1. The van der Waals surface area contributed by atoms with Crippen LogP contribution in [0.2, 0.25) is 5.02 Å². The Labute approximate surface area is 132 Å². The van der Waals surface area contributed by atoms with Crippen molar-refractivity contribution in [2.24, 2.45) is 4.99 Å². The predicted octanol–water partition coefficient (Wildman–Crippen LogP) is 5.06. The van der Waals surface area contributed by atoms with Crippen molar-refractivity contribution in [3.05, 3.63) is 70.9 Å². The maximum Gasteiger partial charge on any atom is 0.115 e. The van der Waals surface area contributed by atoms with Gasteiger partial charge >= 0.3 is 0 Å². The van der Waals surface area contributed by atoms with Gasteiger partial charge in [0.05, 0.1) is 11.7 Å². The Kier molecular flexibility index (Phi) is 3.24. The third kappa shape index (κ3) is 2.47. The van der Waals surface area contributed by atoms with Crippen molar-refractivity contribution >= 4 is 39.3 Å². The number of aliphatic imine (C=N–C) groups is 1. The smallest absolute Gasteiger partial charge is 0.115 e. The monoisotopic (exact) mass is 312 g/mol. The molecule has 4 heteroatoms. The molecule has 0 radical (unpaired) electrons. The summed E-state index contributed by atoms with van der Waals surface area (Å²) in [6.07, 6.45) is 0. The van der Waals surface area contributed by atoms with Crippen molar-refractivity contribution in [1.29, 1.82) is 0 Å². The Balaban J connectivity index is 1.69. The van der Waals surface area contributed by atoms with Gasteiger partial charge in [0.25, 0.3) is 0 Å². The number of aromatic nitrogens is 1. The van der Waals surface area contributed by atoms with Gasteiger partial charge in [0.2, 0.25) is 0 Å². The van der Waals surface area contributed by atoms with Gasteiger partial charge in [0.1, 0.15) is 5.04 Å². The first-order valence-electron chi connectivity index (χ1n) is 6.84. The lowest BCUT2D eigenvalue weighted by Gasteiger charge is -2.04. The SMILES string of the molecule is Clc1ccc2[nH]c(C3=NC(c4ccccc4)CS3)cc2c1. The second kappa shape index (κ2) is 5.24. The zero-order chi connectivity index (χ0) is 14.2. The van der Waals surface area contributed by atoms with Crippen LogP contribution in [0.3, 0.4) is 0 Å². The second-order valence-corrected chi connectivity index (χ2v) is 6.53. The summed E-state index contributed by atoms with van der Waals surface area (Å²) in [5.41, 5.74) is 3.45. The number of hydrogen-bond acceptors (Lipinski definition) is 2. The molecule has 1 atom stereocenters. The Morgan fingerprint density at radius 3 is 2.81 bits per heavy atom. The van der Waals surface area contributed by atoms with Gasteiger partial charge in [-0.05, 0) is 29.8 Å². The molecule has 2 nitrogen and oxygen atoms in total. The number of thioether (sulfide) groups is 1. The Hall–Kier alpha value is -1.71. The van der Waals surface area contributed by atoms with E-state index < -0.39 is 0 Å². The third-order valence-corrected chi connectivity index (χ3v) is 4.96. The molecular weight excluding hydrogens is 300 g/mol. The highest BCUT2D eigenvalue weighted by Gasteiger charge is 2.21. The number of rotatable bonds is 2. The Morgan fingerprint density at radius 2 is 1.95 bits per heavy atom. The summed E-state index contributed by atoms with van der Waals surface area (Å²) in [7, 11) is 0. The van der Waals surface area contributed by atoms with E-state index in [0.717, 1.165) is 32.4 Å². The van der Waals surface area contributed by atoms with Crippen LogP contribution in [-0.2, 0) is 0 Å². The van der Waals surface area contributed by atoms with Gasteiger partial charge in [-0.15, -0.1) is 11.8 Å². The number of benzene rings is 2. The van der Waals surface area contributed by atoms with Crippen LogP contribution in [0.5, 0.6) is 0 Å². The zero-order valence-corrected chi connectivity index (χ0v) is 12.8. The van der Waals surface area contributed by atoms with E-state index in [1.165, 1.54) is 5.56 Å². The summed E-state index contributed by atoms with van der Waals surface area (Å²) in [6.45, 7) is 0. The van der Waals surface area contributed by atoms with Gasteiger partial charge in [-0.25, -0.2) is 0 Å². The fourth-order valence-corrected chi connectivity index (χ4v) is 3.82. The van der Waals surface area contributed by atoms with Crippen molar-refractivity contribution in [2.45, 2.75) is 6.04 Å². The second-order valence-electron chi connectivity index (χ2n) is 5.09. The molecule has 0 amide bonds. The molecule has 1 aliphatic rings. The molecule has 3 aromatic rings. The van der Waals surface area contributed by atoms with E-state index in [1.54, 1.807) is 11.8 Å². The average molecular weight is 313 g/mol. The minimum Gasteiger partial charge on any atom is -0.353 e. The van der Waals surface area contributed by atoms with E-state index in [-0.39, 0.29) is 6.04 Å². The van der Waals surface area contributed by atoms with Crippen molar-refractivity contribution in [3.8, 4) is 0 Å². The standard InChI is InChI=1S/C17H13ClN2S/c18-13-6-7-14-12(8-13)9-15(19-14)17-20-16(10-21-17)11-4-2-1-3-5-11/h1-9,16,19H,10H2. The molecule has 4 rings (SSSR count). The molecule has 0 saturated heterocycles. The molecule has 2 heterocycles. The van der Waals surface area contributed by atoms with Gasteiger partial charge in [0, 0.05) is 21.7 Å². The number of aromatic amines is 1. The van der Waals surface area contributed by atoms with Gasteiger partial charge in [-0.3, -0.25) is 4.99 Å². The Bertz CT molecular complexity index is 823. The van der Waals surface area contributed by atoms with Crippen LogP contribution in [-0.4, -0.2) is 15.8 Å². The van der Waals surface area contributed by atoms with Gasteiger partial charge in [-0.1, -0.05) is 41.9 Å². The van der Waals surface area contributed by atoms with E-state index in [9.17, 15) is 0 Å². The van der Waals surface area contributed by atoms with Crippen LogP contribution in [0.1, 0.15) is 17.3 Å². The predicted molar refractivity (Wildman–Crippen MR) is 91.5 cm³/mol. The van der Waals surface area contributed by atoms with Gasteiger partial charge < -0.3 is 4.98 Å². The van der Waals surface area contributed by atoms with Crippen LogP contribution in [0.15, 0.2) is 59.6 Å². The molecule has 0 fully saturated rings. The molecule has 21 heavy (non-hydrogen) atoms. The fourth-order valence-electron chi connectivity index (χ4n) is 2.59. The highest BCUT2D eigenvalue weighted by atomic mass is 35.5. The highest BCUT2D eigenvalue weighted by molar-refractivity contribution is 8.14. The first-order chi connectivity index (χ1) is 10.3.